The summed E-state index contributed by atoms with van der Waals surface area (Å²) in [6, 6.07) is 13.7. The molecule has 0 radical (unpaired) electrons. The van der Waals surface area contributed by atoms with Crippen molar-refractivity contribution in [2.75, 3.05) is 6.61 Å². The van der Waals surface area contributed by atoms with E-state index in [0.717, 1.165) is 0 Å². The number of nitrogens with one attached hydrogen (secondary N) is 1. The summed E-state index contributed by atoms with van der Waals surface area (Å²) in [5, 5.41) is 33.7. The highest BCUT2D eigenvalue weighted by Gasteiger charge is 2.45. The second-order valence-electron chi connectivity index (χ2n) is 7.82. The Morgan fingerprint density at radius 2 is 1.47 bits per heavy atom. The standard InChI is InChI=1S/C24H29NO9/c1-14(27)32-18-9-5-3-7-16(18)11-25-24-23(22(30)21(29)20(12-26)34-24)31-13-17-8-4-6-10-19(17)33-15(2)28/h3-10,20-26,29-30H,11-13H2,1-2H3/t20-,21-,22+,23-,24?/m1/s1. The fourth-order valence-corrected chi connectivity index (χ4v) is 3.62. The van der Waals surface area contributed by atoms with E-state index in [4.69, 9.17) is 18.9 Å². The number of benzene rings is 2. The zero-order chi connectivity index (χ0) is 24.7. The molecular formula is C24H29NO9. The fourth-order valence-electron chi connectivity index (χ4n) is 3.62. The molecule has 1 aliphatic rings. The van der Waals surface area contributed by atoms with Crippen molar-refractivity contribution >= 4 is 11.9 Å². The molecule has 0 bridgehead atoms. The van der Waals surface area contributed by atoms with Gasteiger partial charge in [0.25, 0.3) is 0 Å². The molecule has 3 rings (SSSR count). The maximum atomic E-state index is 11.4. The van der Waals surface area contributed by atoms with E-state index in [2.05, 4.69) is 5.32 Å². The normalized spacial score (nSPS) is 24.4. The van der Waals surface area contributed by atoms with Gasteiger partial charge in [-0.1, -0.05) is 36.4 Å². The lowest BCUT2D eigenvalue weighted by molar-refractivity contribution is -0.251. The highest BCUT2D eigenvalue weighted by Crippen LogP contribution is 2.27. The summed E-state index contributed by atoms with van der Waals surface area (Å²) >= 11 is 0. The first-order valence-corrected chi connectivity index (χ1v) is 10.8. The summed E-state index contributed by atoms with van der Waals surface area (Å²) in [4.78, 5) is 22.8. The van der Waals surface area contributed by atoms with E-state index >= 15 is 0 Å². The fraction of sp³-hybridized carbons (Fsp3) is 0.417. The van der Waals surface area contributed by atoms with Crippen LogP contribution in [0.1, 0.15) is 25.0 Å². The molecule has 1 aliphatic heterocycles. The van der Waals surface area contributed by atoms with E-state index in [1.165, 1.54) is 13.8 Å². The molecule has 0 saturated carbocycles. The first-order valence-electron chi connectivity index (χ1n) is 10.8. The molecule has 4 N–H and O–H groups in total. The van der Waals surface area contributed by atoms with Crippen molar-refractivity contribution in [1.29, 1.82) is 0 Å². The van der Waals surface area contributed by atoms with Gasteiger partial charge in [0.2, 0.25) is 0 Å². The Balaban J connectivity index is 1.76. The Kier molecular flexibility index (Phi) is 9.11. The average molecular weight is 475 g/mol. The quantitative estimate of drug-likeness (QED) is 0.301. The Bertz CT molecular complexity index is 982. The van der Waals surface area contributed by atoms with Crippen molar-refractivity contribution in [1.82, 2.24) is 5.32 Å². The summed E-state index contributed by atoms with van der Waals surface area (Å²) in [7, 11) is 0. The van der Waals surface area contributed by atoms with Crippen molar-refractivity contribution in [3.05, 3.63) is 59.7 Å². The van der Waals surface area contributed by atoms with Crippen LogP contribution in [-0.4, -0.2) is 64.5 Å². The van der Waals surface area contributed by atoms with Crippen LogP contribution in [0.2, 0.25) is 0 Å². The third-order valence-electron chi connectivity index (χ3n) is 5.24. The molecule has 0 aliphatic carbocycles. The lowest BCUT2D eigenvalue weighted by atomic mass is 9.98. The van der Waals surface area contributed by atoms with Crippen LogP contribution >= 0.6 is 0 Å². The Morgan fingerprint density at radius 3 is 2.06 bits per heavy atom. The number of carbonyl (C=O) groups excluding carboxylic acids is 2. The number of hydrogen-bond acceptors (Lipinski definition) is 10. The molecular weight excluding hydrogens is 446 g/mol. The monoisotopic (exact) mass is 475 g/mol. The lowest BCUT2D eigenvalue weighted by Gasteiger charge is -2.42. The Morgan fingerprint density at radius 1 is 0.912 bits per heavy atom. The van der Waals surface area contributed by atoms with Crippen LogP contribution in [0.3, 0.4) is 0 Å². The number of ether oxygens (including phenoxy) is 4. The topological polar surface area (TPSA) is 144 Å². The summed E-state index contributed by atoms with van der Waals surface area (Å²) in [6.07, 6.45) is -5.77. The largest absolute Gasteiger partial charge is 0.426 e. The van der Waals surface area contributed by atoms with Crippen molar-refractivity contribution < 1.29 is 43.9 Å². The van der Waals surface area contributed by atoms with Crippen LogP contribution < -0.4 is 14.8 Å². The van der Waals surface area contributed by atoms with Crippen molar-refractivity contribution in [3.63, 3.8) is 0 Å². The molecule has 10 heteroatoms. The van der Waals surface area contributed by atoms with Gasteiger partial charge in [-0.25, -0.2) is 0 Å². The molecule has 1 fully saturated rings. The average Bonchev–Trinajstić information content (AvgIpc) is 2.80. The molecule has 0 aromatic heterocycles. The van der Waals surface area contributed by atoms with E-state index in [9.17, 15) is 24.9 Å². The van der Waals surface area contributed by atoms with E-state index in [-0.39, 0.29) is 13.2 Å². The third-order valence-corrected chi connectivity index (χ3v) is 5.24. The number of carbonyl (C=O) groups is 2. The second kappa shape index (κ2) is 12.0. The molecule has 5 atom stereocenters. The maximum absolute atomic E-state index is 11.4. The summed E-state index contributed by atoms with van der Waals surface area (Å²) in [5.41, 5.74) is 1.21. The number of aliphatic hydroxyl groups excluding tert-OH is 3. The Labute approximate surface area is 197 Å². The van der Waals surface area contributed by atoms with Crippen LogP contribution in [0.15, 0.2) is 48.5 Å². The van der Waals surface area contributed by atoms with Gasteiger partial charge in [0, 0.05) is 31.5 Å². The summed E-state index contributed by atoms with van der Waals surface area (Å²) in [5.74, 6) is -0.270. The van der Waals surface area contributed by atoms with Gasteiger partial charge in [-0.05, 0) is 12.1 Å². The van der Waals surface area contributed by atoms with Crippen LogP contribution in [-0.2, 0) is 32.2 Å². The number of para-hydroxylation sites is 2. The minimum absolute atomic E-state index is 0.0483. The molecule has 34 heavy (non-hydrogen) atoms. The zero-order valence-corrected chi connectivity index (χ0v) is 18.9. The Hall–Kier alpha value is -2.86. The van der Waals surface area contributed by atoms with Gasteiger partial charge < -0.3 is 34.3 Å². The minimum Gasteiger partial charge on any atom is -0.426 e. The number of aliphatic hydroxyl groups is 3. The van der Waals surface area contributed by atoms with E-state index in [1.54, 1.807) is 48.5 Å². The van der Waals surface area contributed by atoms with Crippen LogP contribution in [0.4, 0.5) is 0 Å². The number of rotatable bonds is 9. The van der Waals surface area contributed by atoms with E-state index in [0.29, 0.717) is 22.6 Å². The van der Waals surface area contributed by atoms with Crippen molar-refractivity contribution in [3.8, 4) is 11.5 Å². The molecule has 1 saturated heterocycles. The smallest absolute Gasteiger partial charge is 0.308 e. The molecule has 10 nitrogen and oxygen atoms in total. The highest BCUT2D eigenvalue weighted by molar-refractivity contribution is 5.70. The van der Waals surface area contributed by atoms with Gasteiger partial charge in [-0.3, -0.25) is 14.9 Å². The molecule has 2 aromatic carbocycles. The molecule has 0 spiro atoms. The molecule has 2 aromatic rings. The summed E-state index contributed by atoms with van der Waals surface area (Å²) in [6.45, 7) is 2.21. The lowest BCUT2D eigenvalue weighted by Crippen LogP contribution is -2.63. The maximum Gasteiger partial charge on any atom is 0.308 e. The van der Waals surface area contributed by atoms with Crippen molar-refractivity contribution in [2.24, 2.45) is 0 Å². The second-order valence-corrected chi connectivity index (χ2v) is 7.82. The van der Waals surface area contributed by atoms with Gasteiger partial charge in [-0.15, -0.1) is 0 Å². The molecule has 1 unspecified atom stereocenters. The van der Waals surface area contributed by atoms with Gasteiger partial charge in [-0.2, -0.15) is 0 Å². The molecule has 184 valence electrons. The SMILES string of the molecule is CC(=O)Oc1ccccc1CNC1O[C@H](CO)[C@@H](O)[C@H](O)[C@H]1OCc1ccccc1OC(C)=O. The number of hydrogen-bond donors (Lipinski definition) is 4. The minimum atomic E-state index is -1.38. The first-order chi connectivity index (χ1) is 16.3. The predicted octanol–water partition coefficient (Wildman–Crippen LogP) is 0.651. The third kappa shape index (κ3) is 6.60. The molecule has 0 amide bonds. The zero-order valence-electron chi connectivity index (χ0n) is 18.9. The highest BCUT2D eigenvalue weighted by atomic mass is 16.6. The van der Waals surface area contributed by atoms with Crippen LogP contribution in [0, 0.1) is 0 Å². The van der Waals surface area contributed by atoms with E-state index in [1.807, 2.05) is 0 Å². The van der Waals surface area contributed by atoms with Crippen LogP contribution in [0.25, 0.3) is 0 Å². The summed E-state index contributed by atoms with van der Waals surface area (Å²) < 4.78 is 22.1. The van der Waals surface area contributed by atoms with Gasteiger partial charge in [0.15, 0.2) is 0 Å². The van der Waals surface area contributed by atoms with Crippen molar-refractivity contribution in [2.45, 2.75) is 57.6 Å². The van der Waals surface area contributed by atoms with E-state index < -0.39 is 49.2 Å². The van der Waals surface area contributed by atoms with Gasteiger partial charge in [0.1, 0.15) is 42.1 Å². The van der Waals surface area contributed by atoms with Gasteiger partial charge >= 0.3 is 11.9 Å². The number of esters is 2. The van der Waals surface area contributed by atoms with Crippen LogP contribution in [0.5, 0.6) is 11.5 Å². The first kappa shape index (κ1) is 25.8. The van der Waals surface area contributed by atoms with Gasteiger partial charge in [0.05, 0.1) is 13.2 Å². The predicted molar refractivity (Wildman–Crippen MR) is 119 cm³/mol. The molecule has 1 heterocycles.